The average molecular weight is 257 g/mol. The maximum atomic E-state index is 4.97. The Labute approximate surface area is 115 Å². The fourth-order valence-corrected chi connectivity index (χ4v) is 3.17. The van der Waals surface area contributed by atoms with Crippen LogP contribution >= 0.6 is 0 Å². The molecule has 2 aromatic rings. The van der Waals surface area contributed by atoms with Crippen LogP contribution in [0.15, 0.2) is 18.2 Å². The van der Waals surface area contributed by atoms with Gasteiger partial charge in [-0.25, -0.2) is 4.98 Å². The maximum Gasteiger partial charge on any atom is 0.117 e. The van der Waals surface area contributed by atoms with Crippen LogP contribution in [0.2, 0.25) is 0 Å². The van der Waals surface area contributed by atoms with Crippen LogP contribution in [0.4, 0.5) is 0 Å². The normalized spacial score (nSPS) is 23.6. The van der Waals surface area contributed by atoms with Gasteiger partial charge < -0.3 is 9.88 Å². The van der Waals surface area contributed by atoms with E-state index in [0.29, 0.717) is 6.04 Å². The molecule has 2 heterocycles. The lowest BCUT2D eigenvalue weighted by atomic mass is 9.88. The molecule has 0 amide bonds. The summed E-state index contributed by atoms with van der Waals surface area (Å²) in [4.78, 5) is 4.97. The Kier molecular flexibility index (Phi) is 2.90. The zero-order chi connectivity index (χ0) is 13.6. The fourth-order valence-electron chi connectivity index (χ4n) is 3.17. The van der Waals surface area contributed by atoms with Crippen molar-refractivity contribution in [1.82, 2.24) is 14.9 Å². The third-order valence-electron chi connectivity index (χ3n) is 4.27. The third kappa shape index (κ3) is 1.96. The first-order valence-electron chi connectivity index (χ1n) is 7.21. The molecule has 1 fully saturated rings. The molecule has 1 N–H and O–H groups in total. The van der Waals surface area contributed by atoms with E-state index in [9.17, 15) is 0 Å². The summed E-state index contributed by atoms with van der Waals surface area (Å²) in [6.07, 6.45) is 1.17. The van der Waals surface area contributed by atoms with Gasteiger partial charge in [-0.1, -0.05) is 13.0 Å². The number of nitrogens with one attached hydrogen (secondary N) is 1. The molecule has 1 saturated heterocycles. The molecule has 0 radical (unpaired) electrons. The topological polar surface area (TPSA) is 29.9 Å². The van der Waals surface area contributed by atoms with E-state index in [1.807, 2.05) is 0 Å². The number of aryl methyl sites for hydroxylation is 1. The Morgan fingerprint density at radius 1 is 1.37 bits per heavy atom. The molecule has 3 nitrogen and oxygen atoms in total. The number of hydrogen-bond acceptors (Lipinski definition) is 2. The second-order valence-electron chi connectivity index (χ2n) is 6.38. The molecule has 1 aliphatic rings. The number of aromatic nitrogens is 2. The molecule has 3 heteroatoms. The second kappa shape index (κ2) is 4.34. The highest BCUT2D eigenvalue weighted by atomic mass is 15.1. The average Bonchev–Trinajstić information content (AvgIpc) is 2.93. The summed E-state index contributed by atoms with van der Waals surface area (Å²) >= 11 is 0. The molecule has 102 valence electrons. The van der Waals surface area contributed by atoms with E-state index >= 15 is 0 Å². The summed E-state index contributed by atoms with van der Waals surface area (Å²) < 4.78 is 2.42. The van der Waals surface area contributed by atoms with E-state index in [4.69, 9.17) is 4.98 Å². The van der Waals surface area contributed by atoms with E-state index < -0.39 is 0 Å². The fraction of sp³-hybridized carbons (Fsp3) is 0.562. The minimum atomic E-state index is 0.164. The molecule has 0 saturated carbocycles. The van der Waals surface area contributed by atoms with E-state index in [0.717, 1.165) is 18.6 Å². The highest BCUT2D eigenvalue weighted by molar-refractivity contribution is 5.77. The Morgan fingerprint density at radius 3 is 2.79 bits per heavy atom. The smallest absolute Gasteiger partial charge is 0.117 e. The predicted octanol–water partition coefficient (Wildman–Crippen LogP) is 3.18. The van der Waals surface area contributed by atoms with Gasteiger partial charge in [0.25, 0.3) is 0 Å². The van der Waals surface area contributed by atoms with Crippen LogP contribution in [-0.2, 0) is 5.41 Å². The van der Waals surface area contributed by atoms with Gasteiger partial charge in [0.05, 0.1) is 11.0 Å². The van der Waals surface area contributed by atoms with E-state index in [1.54, 1.807) is 0 Å². The zero-order valence-corrected chi connectivity index (χ0v) is 12.3. The predicted molar refractivity (Wildman–Crippen MR) is 79.7 cm³/mol. The van der Waals surface area contributed by atoms with Crippen LogP contribution in [0.3, 0.4) is 0 Å². The second-order valence-corrected chi connectivity index (χ2v) is 6.38. The van der Waals surface area contributed by atoms with Gasteiger partial charge in [0.15, 0.2) is 0 Å². The van der Waals surface area contributed by atoms with Crippen molar-refractivity contribution in [3.8, 4) is 0 Å². The Morgan fingerprint density at radius 2 is 2.16 bits per heavy atom. The van der Waals surface area contributed by atoms with Gasteiger partial charge >= 0.3 is 0 Å². The first-order valence-corrected chi connectivity index (χ1v) is 7.21. The minimum Gasteiger partial charge on any atom is -0.325 e. The van der Waals surface area contributed by atoms with Crippen LogP contribution in [0, 0.1) is 6.92 Å². The molecule has 1 unspecified atom stereocenters. The van der Waals surface area contributed by atoms with Gasteiger partial charge in [-0.05, 0) is 51.4 Å². The largest absolute Gasteiger partial charge is 0.325 e. The summed E-state index contributed by atoms with van der Waals surface area (Å²) in [5.74, 6) is 1.24. The third-order valence-corrected chi connectivity index (χ3v) is 4.27. The number of fused-ring (bicyclic) bond motifs is 1. The van der Waals surface area contributed by atoms with Crippen LogP contribution < -0.4 is 5.32 Å². The van der Waals surface area contributed by atoms with Gasteiger partial charge in [-0.3, -0.25) is 0 Å². The van der Waals surface area contributed by atoms with E-state index in [1.165, 1.54) is 23.3 Å². The van der Waals surface area contributed by atoms with Crippen molar-refractivity contribution in [1.29, 1.82) is 0 Å². The van der Waals surface area contributed by atoms with E-state index in [-0.39, 0.29) is 5.41 Å². The van der Waals surface area contributed by atoms with Gasteiger partial charge in [0.2, 0.25) is 0 Å². The van der Waals surface area contributed by atoms with Gasteiger partial charge in [0, 0.05) is 18.0 Å². The molecule has 3 rings (SSSR count). The lowest BCUT2D eigenvalue weighted by Gasteiger charge is -2.25. The van der Waals surface area contributed by atoms with Crippen molar-refractivity contribution >= 4 is 11.0 Å². The standard InChI is InChI=1S/C16H23N3/c1-11(2)19-14-6-5-12(3)9-13(14)18-15(19)16(4)7-8-17-10-16/h5-6,9,11,17H,7-8,10H2,1-4H3. The van der Waals surface area contributed by atoms with Crippen molar-refractivity contribution < 1.29 is 0 Å². The molecule has 1 aromatic heterocycles. The lowest BCUT2D eigenvalue weighted by molar-refractivity contribution is 0.442. The summed E-state index contributed by atoms with van der Waals surface area (Å²) in [6.45, 7) is 11.1. The molecule has 0 aliphatic carbocycles. The number of benzene rings is 1. The van der Waals surface area contributed by atoms with Gasteiger partial charge in [0.1, 0.15) is 5.82 Å². The van der Waals surface area contributed by atoms with E-state index in [2.05, 4.69) is 55.8 Å². The number of nitrogens with zero attached hydrogens (tertiary/aromatic N) is 2. The van der Waals surface area contributed by atoms with Crippen molar-refractivity contribution in [2.24, 2.45) is 0 Å². The lowest BCUT2D eigenvalue weighted by Crippen LogP contribution is -2.29. The summed E-state index contributed by atoms with van der Waals surface area (Å²) in [5, 5.41) is 3.48. The molecule has 19 heavy (non-hydrogen) atoms. The maximum absolute atomic E-state index is 4.97. The molecule has 1 aromatic carbocycles. The molecule has 1 aliphatic heterocycles. The van der Waals surface area contributed by atoms with Crippen molar-refractivity contribution in [3.05, 3.63) is 29.6 Å². The van der Waals surface area contributed by atoms with Gasteiger partial charge in [-0.2, -0.15) is 0 Å². The number of rotatable bonds is 2. The Hall–Kier alpha value is -1.35. The Balaban J connectivity index is 2.25. The molecular weight excluding hydrogens is 234 g/mol. The minimum absolute atomic E-state index is 0.164. The van der Waals surface area contributed by atoms with Crippen molar-refractivity contribution in [2.45, 2.75) is 45.6 Å². The summed E-state index contributed by atoms with van der Waals surface area (Å²) in [7, 11) is 0. The molecular formula is C16H23N3. The van der Waals surface area contributed by atoms with Crippen LogP contribution in [0.5, 0.6) is 0 Å². The van der Waals surface area contributed by atoms with Crippen LogP contribution in [0.1, 0.15) is 44.6 Å². The monoisotopic (exact) mass is 257 g/mol. The first-order chi connectivity index (χ1) is 9.01. The highest BCUT2D eigenvalue weighted by Gasteiger charge is 2.36. The van der Waals surface area contributed by atoms with Crippen molar-refractivity contribution in [3.63, 3.8) is 0 Å². The zero-order valence-electron chi connectivity index (χ0n) is 12.3. The van der Waals surface area contributed by atoms with Gasteiger partial charge in [-0.15, -0.1) is 0 Å². The summed E-state index contributed by atoms with van der Waals surface area (Å²) in [6, 6.07) is 7.04. The SMILES string of the molecule is Cc1ccc2c(c1)nc(C1(C)CCNC1)n2C(C)C. The Bertz CT molecular complexity index is 604. The molecule has 0 spiro atoms. The molecule has 1 atom stereocenters. The first kappa shape index (κ1) is 12.7. The van der Waals surface area contributed by atoms with Crippen molar-refractivity contribution in [2.75, 3.05) is 13.1 Å². The van der Waals surface area contributed by atoms with Crippen LogP contribution in [-0.4, -0.2) is 22.6 Å². The molecule has 0 bridgehead atoms. The quantitative estimate of drug-likeness (QED) is 0.895. The summed E-state index contributed by atoms with van der Waals surface area (Å²) in [5.41, 5.74) is 3.85. The van der Waals surface area contributed by atoms with Crippen LogP contribution in [0.25, 0.3) is 11.0 Å². The number of hydrogen-bond donors (Lipinski definition) is 1. The highest BCUT2D eigenvalue weighted by Crippen LogP contribution is 2.34. The number of imidazole rings is 1.